The fourth-order valence-electron chi connectivity index (χ4n) is 2.41. The van der Waals surface area contributed by atoms with Gasteiger partial charge in [-0.15, -0.1) is 0 Å². The van der Waals surface area contributed by atoms with Gasteiger partial charge in [0.2, 0.25) is 0 Å². The van der Waals surface area contributed by atoms with Gasteiger partial charge in [0, 0.05) is 11.1 Å². The normalized spacial score (nSPS) is 13.2. The van der Waals surface area contributed by atoms with Gasteiger partial charge < -0.3 is 14.8 Å². The first-order valence-electron chi connectivity index (χ1n) is 7.17. The highest BCUT2D eigenvalue weighted by Crippen LogP contribution is 2.38. The minimum absolute atomic E-state index is 0.561. The molecule has 110 valence electrons. The molecule has 21 heavy (non-hydrogen) atoms. The van der Waals surface area contributed by atoms with Gasteiger partial charge in [-0.25, -0.2) is 0 Å². The van der Waals surface area contributed by atoms with Crippen LogP contribution in [0.1, 0.15) is 16.7 Å². The third-order valence-electron chi connectivity index (χ3n) is 3.54. The molecule has 0 aromatic heterocycles. The largest absolute Gasteiger partial charge is 0.486 e. The molecule has 2 aromatic rings. The molecule has 0 unspecified atom stereocenters. The lowest BCUT2D eigenvalue weighted by atomic mass is 10.1. The Kier molecular flexibility index (Phi) is 4.32. The highest BCUT2D eigenvalue weighted by Gasteiger charge is 2.16. The van der Waals surface area contributed by atoms with Crippen LogP contribution in [0.3, 0.4) is 0 Å². The SMILES string of the molecule is Cc1ccc(C[NH2+]Cc2cc(Cl)c3c(c2)OCCO3)cc1. The maximum absolute atomic E-state index is 6.24. The summed E-state index contributed by atoms with van der Waals surface area (Å²) in [5, 5.41) is 2.89. The average Bonchev–Trinajstić information content (AvgIpc) is 2.49. The van der Waals surface area contributed by atoms with Crippen molar-refractivity contribution in [3.63, 3.8) is 0 Å². The zero-order chi connectivity index (χ0) is 14.7. The van der Waals surface area contributed by atoms with Crippen LogP contribution in [0.4, 0.5) is 0 Å². The molecular formula is C17H19ClNO2+. The molecule has 1 aliphatic rings. The van der Waals surface area contributed by atoms with Crippen molar-refractivity contribution in [3.8, 4) is 11.5 Å². The van der Waals surface area contributed by atoms with Crippen LogP contribution in [0, 0.1) is 6.92 Å². The molecule has 1 heterocycles. The fourth-order valence-corrected chi connectivity index (χ4v) is 2.70. The van der Waals surface area contributed by atoms with Gasteiger partial charge in [0.15, 0.2) is 11.5 Å². The van der Waals surface area contributed by atoms with E-state index in [2.05, 4.69) is 36.5 Å². The van der Waals surface area contributed by atoms with Crippen LogP contribution in [0.25, 0.3) is 0 Å². The molecule has 0 saturated carbocycles. The van der Waals surface area contributed by atoms with E-state index in [-0.39, 0.29) is 0 Å². The molecule has 0 fully saturated rings. The van der Waals surface area contributed by atoms with Crippen molar-refractivity contribution in [1.29, 1.82) is 0 Å². The Hall–Kier alpha value is -1.71. The number of nitrogens with two attached hydrogens (primary N) is 1. The van der Waals surface area contributed by atoms with E-state index in [1.54, 1.807) is 0 Å². The second-order valence-corrected chi connectivity index (χ2v) is 5.69. The number of hydrogen-bond acceptors (Lipinski definition) is 2. The molecule has 0 radical (unpaired) electrons. The van der Waals surface area contributed by atoms with Crippen LogP contribution in [-0.2, 0) is 13.1 Å². The first kappa shape index (κ1) is 14.2. The quantitative estimate of drug-likeness (QED) is 0.942. The summed E-state index contributed by atoms with van der Waals surface area (Å²) in [6, 6.07) is 12.6. The van der Waals surface area contributed by atoms with Crippen LogP contribution in [-0.4, -0.2) is 13.2 Å². The number of hydrogen-bond donors (Lipinski definition) is 1. The molecular weight excluding hydrogens is 286 g/mol. The summed E-state index contributed by atoms with van der Waals surface area (Å²) < 4.78 is 11.1. The first-order valence-corrected chi connectivity index (χ1v) is 7.55. The van der Waals surface area contributed by atoms with Crippen molar-refractivity contribution < 1.29 is 14.8 Å². The lowest BCUT2D eigenvalue weighted by Crippen LogP contribution is -2.80. The highest BCUT2D eigenvalue weighted by molar-refractivity contribution is 6.32. The maximum Gasteiger partial charge on any atom is 0.179 e. The van der Waals surface area contributed by atoms with Gasteiger partial charge in [-0.1, -0.05) is 41.4 Å². The Labute approximate surface area is 129 Å². The summed E-state index contributed by atoms with van der Waals surface area (Å²) in [5.41, 5.74) is 3.76. The number of fused-ring (bicyclic) bond motifs is 1. The summed E-state index contributed by atoms with van der Waals surface area (Å²) in [5.74, 6) is 1.43. The number of quaternary nitrogens is 1. The molecule has 3 nitrogen and oxygen atoms in total. The van der Waals surface area contributed by atoms with Crippen molar-refractivity contribution in [1.82, 2.24) is 0 Å². The minimum Gasteiger partial charge on any atom is -0.486 e. The Bertz CT molecular complexity index is 625. The van der Waals surface area contributed by atoms with Gasteiger partial charge in [-0.3, -0.25) is 0 Å². The van der Waals surface area contributed by atoms with E-state index >= 15 is 0 Å². The molecule has 3 rings (SSSR count). The van der Waals surface area contributed by atoms with E-state index in [0.29, 0.717) is 24.0 Å². The van der Waals surface area contributed by atoms with Gasteiger partial charge in [-0.2, -0.15) is 0 Å². The van der Waals surface area contributed by atoms with Crippen molar-refractivity contribution in [2.45, 2.75) is 20.0 Å². The summed E-state index contributed by atoms with van der Waals surface area (Å²) in [7, 11) is 0. The summed E-state index contributed by atoms with van der Waals surface area (Å²) in [4.78, 5) is 0. The van der Waals surface area contributed by atoms with Crippen molar-refractivity contribution in [2.75, 3.05) is 13.2 Å². The molecule has 0 aliphatic carbocycles. The summed E-state index contributed by atoms with van der Waals surface area (Å²) in [6.07, 6.45) is 0. The number of ether oxygens (including phenoxy) is 2. The second kappa shape index (κ2) is 6.37. The van der Waals surface area contributed by atoms with Crippen LogP contribution >= 0.6 is 11.6 Å². The maximum atomic E-state index is 6.24. The predicted molar refractivity (Wildman–Crippen MR) is 83.0 cm³/mol. The lowest BCUT2D eigenvalue weighted by molar-refractivity contribution is -0.686. The number of benzene rings is 2. The monoisotopic (exact) mass is 304 g/mol. The Morgan fingerprint density at radius 3 is 2.52 bits per heavy atom. The van der Waals surface area contributed by atoms with Gasteiger partial charge in [0.1, 0.15) is 26.3 Å². The predicted octanol–water partition coefficient (Wildman–Crippen LogP) is 2.68. The average molecular weight is 305 g/mol. The van der Waals surface area contributed by atoms with Crippen LogP contribution in [0.2, 0.25) is 5.02 Å². The third kappa shape index (κ3) is 3.49. The van der Waals surface area contributed by atoms with E-state index in [1.165, 1.54) is 11.1 Å². The van der Waals surface area contributed by atoms with Crippen molar-refractivity contribution in [2.24, 2.45) is 0 Å². The molecule has 0 atom stereocenters. The fraction of sp³-hybridized carbons (Fsp3) is 0.294. The van der Waals surface area contributed by atoms with Crippen LogP contribution in [0.15, 0.2) is 36.4 Å². The third-order valence-corrected chi connectivity index (χ3v) is 3.82. The van der Waals surface area contributed by atoms with Gasteiger partial charge in [0.25, 0.3) is 0 Å². The Morgan fingerprint density at radius 1 is 1.00 bits per heavy atom. The standard InChI is InChI=1S/C17H18ClNO2/c1-12-2-4-13(5-3-12)10-19-11-14-8-15(18)17-16(9-14)20-6-7-21-17/h2-5,8-9,19H,6-7,10-11H2,1H3/p+1. The van der Waals surface area contributed by atoms with E-state index in [4.69, 9.17) is 21.1 Å². The first-order chi connectivity index (χ1) is 10.2. The molecule has 4 heteroatoms. The van der Waals surface area contributed by atoms with Crippen molar-refractivity contribution in [3.05, 3.63) is 58.1 Å². The molecule has 0 bridgehead atoms. The van der Waals surface area contributed by atoms with Gasteiger partial charge in [-0.05, 0) is 19.1 Å². The number of halogens is 1. The smallest absolute Gasteiger partial charge is 0.179 e. The molecule has 1 aliphatic heterocycles. The topological polar surface area (TPSA) is 35.1 Å². The summed E-state index contributed by atoms with van der Waals surface area (Å²) >= 11 is 6.24. The zero-order valence-electron chi connectivity index (χ0n) is 12.1. The van der Waals surface area contributed by atoms with E-state index < -0.39 is 0 Å². The van der Waals surface area contributed by atoms with E-state index in [9.17, 15) is 0 Å². The molecule has 0 saturated heterocycles. The minimum atomic E-state index is 0.561. The highest BCUT2D eigenvalue weighted by atomic mass is 35.5. The lowest BCUT2D eigenvalue weighted by Gasteiger charge is -2.20. The van der Waals surface area contributed by atoms with Crippen LogP contribution in [0.5, 0.6) is 11.5 Å². The molecule has 0 amide bonds. The molecule has 2 N–H and O–H groups in total. The Balaban J connectivity index is 1.63. The Morgan fingerprint density at radius 2 is 1.71 bits per heavy atom. The van der Waals surface area contributed by atoms with Crippen LogP contribution < -0.4 is 14.8 Å². The molecule has 2 aromatic carbocycles. The van der Waals surface area contributed by atoms with Gasteiger partial charge >= 0.3 is 0 Å². The second-order valence-electron chi connectivity index (χ2n) is 5.28. The van der Waals surface area contributed by atoms with Gasteiger partial charge in [0.05, 0.1) is 5.02 Å². The summed E-state index contributed by atoms with van der Waals surface area (Å²) in [6.45, 7) is 5.06. The van der Waals surface area contributed by atoms with E-state index in [1.807, 2.05) is 12.1 Å². The van der Waals surface area contributed by atoms with Crippen molar-refractivity contribution >= 4 is 11.6 Å². The number of aryl methyl sites for hydroxylation is 1. The zero-order valence-corrected chi connectivity index (χ0v) is 12.8. The molecule has 0 spiro atoms. The van der Waals surface area contributed by atoms with E-state index in [0.717, 1.165) is 24.4 Å². The number of rotatable bonds is 4.